The number of hydrogen-bond donors (Lipinski definition) is 10. The first-order valence-electron chi connectivity index (χ1n) is 12.8. The Bertz CT molecular complexity index is 1060. The Balaban J connectivity index is 2.39. The van der Waals surface area contributed by atoms with Gasteiger partial charge < -0.3 is 72.3 Å². The molecule has 1 aliphatic heterocycles. The highest BCUT2D eigenvalue weighted by Gasteiger charge is 2.45. The number of nitrogens with zero attached hydrogens (tertiary/aromatic N) is 1. The SMILES string of the molecule is NC(CCc1c[n+](CC(CCC(N)C(=O)O)OC2O[C@H](CO)[C@H](O)[C@H](O)[C@H]2O)cc(O)c1CC(N)C(=O)O)C(=O)[O-]. The lowest BCUT2D eigenvalue weighted by Gasteiger charge is -2.40. The minimum atomic E-state index is -1.75. The van der Waals surface area contributed by atoms with Crippen LogP contribution in [0.3, 0.4) is 0 Å². The fourth-order valence-corrected chi connectivity index (χ4v) is 4.30. The van der Waals surface area contributed by atoms with Crippen LogP contribution in [0.5, 0.6) is 5.75 Å². The lowest BCUT2D eigenvalue weighted by atomic mass is 9.96. The second-order valence-corrected chi connectivity index (χ2v) is 9.93. The molecule has 2 rings (SSSR count). The number of nitrogens with two attached hydrogens (primary N) is 3. The Kier molecular flexibility index (Phi) is 12.8. The van der Waals surface area contributed by atoms with Crippen LogP contribution in [0.25, 0.3) is 0 Å². The summed E-state index contributed by atoms with van der Waals surface area (Å²) in [6, 6.07) is -4.02. The second-order valence-electron chi connectivity index (χ2n) is 9.93. The molecule has 2 heterocycles. The average Bonchev–Trinajstić information content (AvgIpc) is 2.91. The molecule has 17 nitrogen and oxygen atoms in total. The fraction of sp³-hybridized carbons (Fsp3) is 0.667. The number of carboxylic acids is 3. The molecular weight excluding hydrogens is 552 g/mol. The Morgan fingerprint density at radius 1 is 0.951 bits per heavy atom. The van der Waals surface area contributed by atoms with Crippen LogP contribution >= 0.6 is 0 Å². The third-order valence-electron chi connectivity index (χ3n) is 6.78. The molecule has 0 spiro atoms. The van der Waals surface area contributed by atoms with E-state index < -0.39 is 79.5 Å². The maximum absolute atomic E-state index is 11.3. The number of carboxylic acid groups (broad SMARTS) is 3. The second kappa shape index (κ2) is 15.3. The zero-order chi connectivity index (χ0) is 31.0. The molecule has 41 heavy (non-hydrogen) atoms. The van der Waals surface area contributed by atoms with Crippen LogP contribution < -0.4 is 26.9 Å². The van der Waals surface area contributed by atoms with Crippen molar-refractivity contribution in [2.24, 2.45) is 17.2 Å². The smallest absolute Gasteiger partial charge is 0.320 e. The maximum Gasteiger partial charge on any atom is 0.320 e. The first-order valence-corrected chi connectivity index (χ1v) is 12.8. The molecule has 1 aromatic heterocycles. The minimum absolute atomic E-state index is 0.0205. The largest absolute Gasteiger partial charge is 0.548 e. The van der Waals surface area contributed by atoms with Crippen molar-refractivity contribution < 1.29 is 69.3 Å². The summed E-state index contributed by atoms with van der Waals surface area (Å²) in [5.74, 6) is -4.51. The number of aromatic hydroxyl groups is 1. The van der Waals surface area contributed by atoms with Crippen molar-refractivity contribution in [3.63, 3.8) is 0 Å². The van der Waals surface area contributed by atoms with E-state index in [1.54, 1.807) is 0 Å². The molecule has 17 heteroatoms. The summed E-state index contributed by atoms with van der Waals surface area (Å²) in [7, 11) is 0. The summed E-state index contributed by atoms with van der Waals surface area (Å²) in [5, 5.41) is 80.2. The number of aromatic nitrogens is 1. The maximum atomic E-state index is 11.3. The molecule has 232 valence electrons. The Morgan fingerprint density at radius 2 is 1.59 bits per heavy atom. The van der Waals surface area contributed by atoms with Gasteiger partial charge in [-0.15, -0.1) is 0 Å². The number of aliphatic hydroxyl groups is 4. The molecule has 1 aliphatic rings. The highest BCUT2D eigenvalue weighted by Crippen LogP contribution is 2.25. The Hall–Kier alpha value is -3.00. The highest BCUT2D eigenvalue weighted by atomic mass is 16.7. The van der Waals surface area contributed by atoms with Gasteiger partial charge in [0.2, 0.25) is 6.20 Å². The Labute approximate surface area is 234 Å². The normalized spacial score (nSPS) is 25.7. The summed E-state index contributed by atoms with van der Waals surface area (Å²) in [4.78, 5) is 33.6. The number of hydrogen-bond acceptors (Lipinski definition) is 14. The van der Waals surface area contributed by atoms with Crippen molar-refractivity contribution >= 4 is 17.9 Å². The van der Waals surface area contributed by atoms with Gasteiger partial charge in [-0.1, -0.05) is 0 Å². The van der Waals surface area contributed by atoms with Gasteiger partial charge in [0, 0.05) is 23.6 Å². The van der Waals surface area contributed by atoms with Gasteiger partial charge in [0.05, 0.1) is 12.6 Å². The third kappa shape index (κ3) is 9.52. The van der Waals surface area contributed by atoms with Crippen LogP contribution in [-0.4, -0.2) is 115 Å². The van der Waals surface area contributed by atoms with Crippen LogP contribution in [0.1, 0.15) is 30.4 Å². The average molecular weight is 591 g/mol. The van der Waals surface area contributed by atoms with E-state index >= 15 is 0 Å². The molecule has 13 N–H and O–H groups in total. The van der Waals surface area contributed by atoms with Crippen LogP contribution in [0.15, 0.2) is 12.4 Å². The van der Waals surface area contributed by atoms with Crippen LogP contribution in [0.4, 0.5) is 0 Å². The van der Waals surface area contributed by atoms with E-state index in [1.165, 1.54) is 17.0 Å². The van der Waals surface area contributed by atoms with Gasteiger partial charge in [-0.3, -0.25) is 9.59 Å². The van der Waals surface area contributed by atoms with E-state index in [-0.39, 0.29) is 50.0 Å². The van der Waals surface area contributed by atoms with Gasteiger partial charge in [-0.25, -0.2) is 0 Å². The topological polar surface area (TPSA) is 316 Å². The van der Waals surface area contributed by atoms with E-state index in [2.05, 4.69) is 0 Å². The molecule has 1 fully saturated rings. The van der Waals surface area contributed by atoms with Crippen molar-refractivity contribution in [1.29, 1.82) is 0 Å². The fourth-order valence-electron chi connectivity index (χ4n) is 4.30. The lowest BCUT2D eigenvalue weighted by Crippen LogP contribution is -2.60. The van der Waals surface area contributed by atoms with Crippen LogP contribution in [0, 0.1) is 0 Å². The van der Waals surface area contributed by atoms with Gasteiger partial charge in [-0.2, -0.15) is 4.57 Å². The molecule has 0 aliphatic carbocycles. The third-order valence-corrected chi connectivity index (χ3v) is 6.78. The van der Waals surface area contributed by atoms with E-state index in [0.717, 1.165) is 0 Å². The number of pyridine rings is 1. The molecule has 0 aromatic carbocycles. The first-order chi connectivity index (χ1) is 19.2. The molecule has 0 radical (unpaired) electrons. The molecule has 5 unspecified atom stereocenters. The van der Waals surface area contributed by atoms with E-state index in [1.807, 2.05) is 0 Å². The molecule has 1 saturated heterocycles. The predicted octanol–water partition coefficient (Wildman–Crippen LogP) is -5.98. The quantitative estimate of drug-likeness (QED) is 0.0801. The number of aryl methyl sites for hydroxylation is 1. The van der Waals surface area contributed by atoms with E-state index in [0.29, 0.717) is 5.56 Å². The van der Waals surface area contributed by atoms with Crippen molar-refractivity contribution in [2.45, 2.75) is 93.6 Å². The Morgan fingerprint density at radius 3 is 2.15 bits per heavy atom. The van der Waals surface area contributed by atoms with E-state index in [4.69, 9.17) is 31.8 Å². The van der Waals surface area contributed by atoms with Gasteiger partial charge in [0.25, 0.3) is 0 Å². The summed E-state index contributed by atoms with van der Waals surface area (Å²) in [6.07, 6.45) is -6.84. The number of ether oxygens (including phenoxy) is 2. The van der Waals surface area contributed by atoms with Crippen molar-refractivity contribution in [3.05, 3.63) is 23.5 Å². The zero-order valence-electron chi connectivity index (χ0n) is 22.1. The summed E-state index contributed by atoms with van der Waals surface area (Å²) in [5.41, 5.74) is 17.3. The minimum Gasteiger partial charge on any atom is -0.548 e. The number of aliphatic hydroxyl groups excluding tert-OH is 4. The molecule has 9 atom stereocenters. The van der Waals surface area contributed by atoms with Gasteiger partial charge in [0.1, 0.15) is 42.6 Å². The summed E-state index contributed by atoms with van der Waals surface area (Å²) < 4.78 is 12.6. The molecule has 0 amide bonds. The van der Waals surface area contributed by atoms with Crippen LogP contribution in [-0.2, 0) is 43.2 Å². The highest BCUT2D eigenvalue weighted by molar-refractivity contribution is 5.74. The summed E-state index contributed by atoms with van der Waals surface area (Å²) >= 11 is 0. The lowest BCUT2D eigenvalue weighted by molar-refractivity contribution is -0.706. The standard InChI is InChI=1S/C24H38N4O13/c25-13(21(34)35)3-1-10-6-28(8-16(30)12(10)5-15(27)23(38)39)7-11(2-4-14(26)22(36)37)40-24-20(33)19(32)18(31)17(9-29)41-24/h6,8,11,13-15,17-20,24,29,31-33H,1-5,7,9,25-27H2,(H3-,30,34,35,36,37,38,39)/t11?,13?,14?,15?,17-,18+,19+,20-,24?/m1/s1. The van der Waals surface area contributed by atoms with Gasteiger partial charge in [0.15, 0.2) is 24.8 Å². The summed E-state index contributed by atoms with van der Waals surface area (Å²) in [6.45, 7) is -0.848. The zero-order valence-corrected chi connectivity index (χ0v) is 22.1. The van der Waals surface area contributed by atoms with Gasteiger partial charge in [-0.05, 0) is 25.7 Å². The molecule has 0 bridgehead atoms. The van der Waals surface area contributed by atoms with Crippen molar-refractivity contribution in [2.75, 3.05) is 6.61 Å². The number of carbonyl (C=O) groups excluding carboxylic acids is 1. The monoisotopic (exact) mass is 590 g/mol. The number of carbonyl (C=O) groups is 3. The van der Waals surface area contributed by atoms with Gasteiger partial charge >= 0.3 is 11.9 Å². The predicted molar refractivity (Wildman–Crippen MR) is 132 cm³/mol. The van der Waals surface area contributed by atoms with Crippen LogP contribution in [0.2, 0.25) is 0 Å². The first kappa shape index (κ1) is 34.2. The molecule has 1 aromatic rings. The molecule has 0 saturated carbocycles. The molecular formula is C24H38N4O13. The van der Waals surface area contributed by atoms with E-state index in [9.17, 15) is 50.1 Å². The van der Waals surface area contributed by atoms with Crippen molar-refractivity contribution in [1.82, 2.24) is 0 Å². The van der Waals surface area contributed by atoms with Crippen molar-refractivity contribution in [3.8, 4) is 5.75 Å². The number of rotatable bonds is 16. The number of aliphatic carboxylic acids is 3.